The van der Waals surface area contributed by atoms with Crippen LogP contribution in [-0.2, 0) is 0 Å². The van der Waals surface area contributed by atoms with Crippen molar-refractivity contribution in [3.05, 3.63) is 70.5 Å². The molecule has 0 spiro atoms. The second-order valence-electron chi connectivity index (χ2n) is 6.50. The number of carbonyl (C=O) groups is 1. The van der Waals surface area contributed by atoms with Gasteiger partial charge >= 0.3 is 0 Å². The van der Waals surface area contributed by atoms with E-state index in [4.69, 9.17) is 5.73 Å². The Morgan fingerprint density at radius 3 is 2.67 bits per heavy atom. The fourth-order valence-corrected chi connectivity index (χ4v) is 3.78. The summed E-state index contributed by atoms with van der Waals surface area (Å²) in [7, 11) is 0. The second kappa shape index (κ2) is 5.75. The van der Waals surface area contributed by atoms with Crippen LogP contribution >= 0.6 is 0 Å². The zero-order valence-corrected chi connectivity index (χ0v) is 14.4. The maximum absolute atomic E-state index is 13.2. The number of rotatable bonds is 3. The molecule has 5 aromatic rings. The van der Waals surface area contributed by atoms with Crippen molar-refractivity contribution in [3.8, 4) is 0 Å². The first-order valence-electron chi connectivity index (χ1n) is 8.77. The number of fused-ring (bicyclic) bond motifs is 4. The minimum absolute atomic E-state index is 0.128. The van der Waals surface area contributed by atoms with E-state index in [9.17, 15) is 9.59 Å². The summed E-state index contributed by atoms with van der Waals surface area (Å²) in [5.74, 6) is -0.198. The molecule has 0 aliphatic heterocycles. The van der Waals surface area contributed by atoms with Crippen LogP contribution in [0.4, 0.5) is 0 Å². The number of aromatic nitrogens is 2. The number of para-hydroxylation sites is 2. The molecule has 6 heteroatoms. The van der Waals surface area contributed by atoms with E-state index < -0.39 is 0 Å². The summed E-state index contributed by atoms with van der Waals surface area (Å²) in [6.45, 7) is 0.770. The summed E-state index contributed by atoms with van der Waals surface area (Å²) in [5, 5.41) is 5.74. The standard InChI is InChI=1S/C21H16N4O2/c22-10-11-23-20(26)13-8-9-14-18-12(13)4-3-5-15(18)21(27)25-17-7-2-1-6-16(17)24-19(14)25/h1-9H,10-11,22H2,(H,23,26). The van der Waals surface area contributed by atoms with Gasteiger partial charge in [0, 0.05) is 34.8 Å². The van der Waals surface area contributed by atoms with Gasteiger partial charge in [-0.05, 0) is 35.7 Å². The SMILES string of the molecule is NCCNC(=O)c1ccc2c3c1cccc3c(=O)n1c3ccccc3nc21. The lowest BCUT2D eigenvalue weighted by atomic mass is 9.97. The van der Waals surface area contributed by atoms with Gasteiger partial charge in [-0.25, -0.2) is 4.98 Å². The molecular weight excluding hydrogens is 340 g/mol. The Bertz CT molecular complexity index is 1400. The predicted molar refractivity (Wildman–Crippen MR) is 107 cm³/mol. The van der Waals surface area contributed by atoms with Crippen LogP contribution in [-0.4, -0.2) is 28.4 Å². The van der Waals surface area contributed by atoms with Crippen LogP contribution in [0.5, 0.6) is 0 Å². The van der Waals surface area contributed by atoms with Crippen molar-refractivity contribution < 1.29 is 4.79 Å². The molecule has 0 aliphatic rings. The largest absolute Gasteiger partial charge is 0.351 e. The van der Waals surface area contributed by atoms with Crippen molar-refractivity contribution in [2.45, 2.75) is 0 Å². The molecular formula is C21H16N4O2. The minimum Gasteiger partial charge on any atom is -0.351 e. The normalized spacial score (nSPS) is 11.7. The van der Waals surface area contributed by atoms with E-state index >= 15 is 0 Å². The van der Waals surface area contributed by atoms with E-state index in [1.807, 2.05) is 42.5 Å². The number of benzene rings is 3. The van der Waals surface area contributed by atoms with Gasteiger partial charge in [0.15, 0.2) is 0 Å². The highest BCUT2D eigenvalue weighted by Gasteiger charge is 2.19. The summed E-state index contributed by atoms with van der Waals surface area (Å²) in [4.78, 5) is 30.4. The Kier molecular flexibility index (Phi) is 3.35. The zero-order chi connectivity index (χ0) is 18.5. The van der Waals surface area contributed by atoms with Gasteiger partial charge < -0.3 is 11.1 Å². The quantitative estimate of drug-likeness (QED) is 0.519. The maximum Gasteiger partial charge on any atom is 0.264 e. The fraction of sp³-hybridized carbons (Fsp3) is 0.0952. The van der Waals surface area contributed by atoms with Gasteiger partial charge in [-0.2, -0.15) is 0 Å². The van der Waals surface area contributed by atoms with Gasteiger partial charge in [0.25, 0.3) is 11.5 Å². The smallest absolute Gasteiger partial charge is 0.264 e. The third kappa shape index (κ3) is 2.14. The number of hydrogen-bond acceptors (Lipinski definition) is 4. The first kappa shape index (κ1) is 15.7. The Morgan fingerprint density at radius 2 is 1.81 bits per heavy atom. The monoisotopic (exact) mass is 356 g/mol. The average molecular weight is 356 g/mol. The first-order valence-corrected chi connectivity index (χ1v) is 8.77. The third-order valence-electron chi connectivity index (χ3n) is 4.95. The third-order valence-corrected chi connectivity index (χ3v) is 4.95. The van der Waals surface area contributed by atoms with Gasteiger partial charge in [-0.3, -0.25) is 14.0 Å². The topological polar surface area (TPSA) is 89.5 Å². The highest BCUT2D eigenvalue weighted by atomic mass is 16.1. The molecule has 3 N–H and O–H groups in total. The highest BCUT2D eigenvalue weighted by molar-refractivity contribution is 6.21. The predicted octanol–water partition coefficient (Wildman–Crippen LogP) is 2.28. The number of carbonyl (C=O) groups excluding carboxylic acids is 1. The van der Waals surface area contributed by atoms with Crippen LogP contribution in [0, 0.1) is 0 Å². The molecule has 0 unspecified atom stereocenters. The van der Waals surface area contributed by atoms with E-state index in [0.717, 1.165) is 27.2 Å². The molecule has 0 radical (unpaired) electrons. The summed E-state index contributed by atoms with van der Waals surface area (Å²) < 4.78 is 1.65. The number of hydrogen-bond donors (Lipinski definition) is 2. The zero-order valence-electron chi connectivity index (χ0n) is 14.4. The molecule has 6 nitrogen and oxygen atoms in total. The van der Waals surface area contributed by atoms with Crippen LogP contribution in [0.15, 0.2) is 59.4 Å². The van der Waals surface area contributed by atoms with Crippen molar-refractivity contribution >= 4 is 44.1 Å². The van der Waals surface area contributed by atoms with Gasteiger partial charge in [0.1, 0.15) is 5.65 Å². The molecule has 2 aromatic heterocycles. The Labute approximate surface area is 153 Å². The van der Waals surface area contributed by atoms with Gasteiger partial charge in [-0.15, -0.1) is 0 Å². The maximum atomic E-state index is 13.2. The lowest BCUT2D eigenvalue weighted by Crippen LogP contribution is -2.29. The van der Waals surface area contributed by atoms with E-state index in [1.54, 1.807) is 16.5 Å². The summed E-state index contributed by atoms with van der Waals surface area (Å²) >= 11 is 0. The molecule has 0 aliphatic carbocycles. The highest BCUT2D eigenvalue weighted by Crippen LogP contribution is 2.31. The van der Waals surface area contributed by atoms with Crippen LogP contribution in [0.25, 0.3) is 38.2 Å². The number of nitrogens with zero attached hydrogens (tertiary/aromatic N) is 2. The van der Waals surface area contributed by atoms with Crippen molar-refractivity contribution in [1.82, 2.24) is 14.7 Å². The Hall–Kier alpha value is -3.51. The van der Waals surface area contributed by atoms with Gasteiger partial charge in [-0.1, -0.05) is 24.3 Å². The molecule has 1 amide bonds. The van der Waals surface area contributed by atoms with Gasteiger partial charge in [0.05, 0.1) is 11.0 Å². The second-order valence-corrected chi connectivity index (χ2v) is 6.50. The summed E-state index contributed by atoms with van der Waals surface area (Å²) in [6.07, 6.45) is 0. The number of nitrogens with two attached hydrogens (primary N) is 1. The lowest BCUT2D eigenvalue weighted by molar-refractivity contribution is 0.0956. The first-order chi connectivity index (χ1) is 13.2. The van der Waals surface area contributed by atoms with Crippen LogP contribution < -0.4 is 16.6 Å². The molecule has 5 rings (SSSR count). The molecule has 3 aromatic carbocycles. The van der Waals surface area contributed by atoms with Crippen molar-refractivity contribution in [2.24, 2.45) is 5.73 Å². The Balaban J connectivity index is 1.94. The fourth-order valence-electron chi connectivity index (χ4n) is 3.78. The van der Waals surface area contributed by atoms with E-state index in [-0.39, 0.29) is 11.5 Å². The van der Waals surface area contributed by atoms with Crippen LogP contribution in [0.2, 0.25) is 0 Å². The molecule has 27 heavy (non-hydrogen) atoms. The summed E-state index contributed by atoms with van der Waals surface area (Å²) in [5.41, 5.74) is 8.05. The number of nitrogens with one attached hydrogen (secondary N) is 1. The van der Waals surface area contributed by atoms with Crippen molar-refractivity contribution in [2.75, 3.05) is 13.1 Å². The van der Waals surface area contributed by atoms with Crippen LogP contribution in [0.3, 0.4) is 0 Å². The molecule has 2 heterocycles. The molecule has 132 valence electrons. The molecule has 0 atom stereocenters. The van der Waals surface area contributed by atoms with Crippen molar-refractivity contribution in [3.63, 3.8) is 0 Å². The van der Waals surface area contributed by atoms with Gasteiger partial charge in [0.2, 0.25) is 0 Å². The van der Waals surface area contributed by atoms with E-state index in [0.29, 0.717) is 29.7 Å². The molecule has 0 saturated carbocycles. The Morgan fingerprint density at radius 1 is 1.00 bits per heavy atom. The lowest BCUT2D eigenvalue weighted by Gasteiger charge is -2.11. The number of amides is 1. The molecule has 0 saturated heterocycles. The van der Waals surface area contributed by atoms with E-state index in [2.05, 4.69) is 10.3 Å². The molecule has 0 fully saturated rings. The number of imidazole rings is 1. The molecule has 0 bridgehead atoms. The average Bonchev–Trinajstić information content (AvgIpc) is 3.09. The van der Waals surface area contributed by atoms with Crippen LogP contribution in [0.1, 0.15) is 10.4 Å². The minimum atomic E-state index is -0.198. The summed E-state index contributed by atoms with van der Waals surface area (Å²) in [6, 6.07) is 16.7. The number of pyridine rings is 1. The van der Waals surface area contributed by atoms with Crippen molar-refractivity contribution in [1.29, 1.82) is 0 Å². The van der Waals surface area contributed by atoms with E-state index in [1.165, 1.54) is 0 Å².